The maximum absolute atomic E-state index is 9.38. The second-order valence-electron chi connectivity index (χ2n) is 5.20. The van der Waals surface area contributed by atoms with Crippen molar-refractivity contribution >= 4 is 0 Å². The monoisotopic (exact) mass is 289 g/mol. The second kappa shape index (κ2) is 8.68. The first-order chi connectivity index (χ1) is 10.3. The molecule has 2 N–H and O–H groups in total. The lowest BCUT2D eigenvalue weighted by Crippen LogP contribution is -2.43. The van der Waals surface area contributed by atoms with E-state index in [9.17, 15) is 5.11 Å². The topological polar surface area (TPSA) is 52.9 Å². The minimum absolute atomic E-state index is 0.136. The van der Waals surface area contributed by atoms with Gasteiger partial charge in [0.25, 0.3) is 0 Å². The number of likely N-dealkylation sites (tertiary alicyclic amines) is 1. The highest BCUT2D eigenvalue weighted by Crippen LogP contribution is 2.17. The standard InChI is InChI=1S/C17H23NO3/c19-11-4-6-15-5-3-8-17(13-15)21-12-10-18-9-2-1-7-16(18)14-20/h3,5,8,13,16,19-20H,1-2,7,9-12,14H2. The first-order valence-corrected chi connectivity index (χ1v) is 7.51. The van der Waals surface area contributed by atoms with Crippen LogP contribution in [0.1, 0.15) is 24.8 Å². The van der Waals surface area contributed by atoms with E-state index in [1.165, 1.54) is 12.8 Å². The molecule has 1 unspecified atom stereocenters. The number of hydrogen-bond acceptors (Lipinski definition) is 4. The van der Waals surface area contributed by atoms with Gasteiger partial charge in [-0.1, -0.05) is 24.3 Å². The fraction of sp³-hybridized carbons (Fsp3) is 0.529. The van der Waals surface area contributed by atoms with Crippen LogP contribution in [0.5, 0.6) is 5.75 Å². The molecule has 1 aromatic rings. The molecule has 0 saturated carbocycles. The van der Waals surface area contributed by atoms with E-state index < -0.39 is 0 Å². The van der Waals surface area contributed by atoms with Crippen LogP contribution >= 0.6 is 0 Å². The molecule has 0 aromatic heterocycles. The van der Waals surface area contributed by atoms with Crippen molar-refractivity contribution in [2.45, 2.75) is 25.3 Å². The number of benzene rings is 1. The number of nitrogens with zero attached hydrogens (tertiary/aromatic N) is 1. The van der Waals surface area contributed by atoms with Gasteiger partial charge in [-0.05, 0) is 37.6 Å². The van der Waals surface area contributed by atoms with Crippen molar-refractivity contribution in [1.29, 1.82) is 0 Å². The SMILES string of the molecule is OCC#Cc1cccc(OCCN2CCCCC2CO)c1. The summed E-state index contributed by atoms with van der Waals surface area (Å²) in [5, 5.41) is 18.1. The van der Waals surface area contributed by atoms with E-state index in [2.05, 4.69) is 16.7 Å². The van der Waals surface area contributed by atoms with Gasteiger partial charge in [-0.25, -0.2) is 0 Å². The molecular formula is C17H23NO3. The Morgan fingerprint density at radius 3 is 3.00 bits per heavy atom. The first kappa shape index (κ1) is 15.8. The van der Waals surface area contributed by atoms with Crippen LogP contribution in [-0.4, -0.2) is 54.1 Å². The fourth-order valence-corrected chi connectivity index (χ4v) is 2.65. The Labute approximate surface area is 126 Å². The lowest BCUT2D eigenvalue weighted by Gasteiger charge is -2.34. The summed E-state index contributed by atoms with van der Waals surface area (Å²) >= 11 is 0. The molecule has 1 saturated heterocycles. The predicted octanol–water partition coefficient (Wildman–Crippen LogP) is 1.26. The van der Waals surface area contributed by atoms with Crippen LogP contribution in [0.15, 0.2) is 24.3 Å². The minimum atomic E-state index is -0.136. The molecule has 1 fully saturated rings. The molecule has 0 amide bonds. The van der Waals surface area contributed by atoms with Crippen molar-refractivity contribution in [3.05, 3.63) is 29.8 Å². The molecule has 0 aliphatic carbocycles. The first-order valence-electron chi connectivity index (χ1n) is 7.51. The van der Waals surface area contributed by atoms with E-state index in [0.29, 0.717) is 6.61 Å². The van der Waals surface area contributed by atoms with Gasteiger partial charge >= 0.3 is 0 Å². The summed E-state index contributed by atoms with van der Waals surface area (Å²) in [6.07, 6.45) is 3.47. The Bertz CT molecular complexity index is 492. The van der Waals surface area contributed by atoms with E-state index in [0.717, 1.165) is 30.8 Å². The van der Waals surface area contributed by atoms with Crippen LogP contribution in [0.3, 0.4) is 0 Å². The lowest BCUT2D eigenvalue weighted by atomic mass is 10.0. The summed E-state index contributed by atoms with van der Waals surface area (Å²) in [7, 11) is 0. The third-order valence-electron chi connectivity index (χ3n) is 3.75. The Balaban J connectivity index is 1.82. The molecule has 0 spiro atoms. The molecule has 1 aliphatic rings. The zero-order valence-corrected chi connectivity index (χ0v) is 12.3. The Hall–Kier alpha value is -1.54. The van der Waals surface area contributed by atoms with Crippen LogP contribution in [-0.2, 0) is 0 Å². The van der Waals surface area contributed by atoms with E-state index >= 15 is 0 Å². The largest absolute Gasteiger partial charge is 0.492 e. The van der Waals surface area contributed by atoms with E-state index in [1.807, 2.05) is 24.3 Å². The third kappa shape index (κ3) is 5.05. The van der Waals surface area contributed by atoms with Crippen LogP contribution in [0.25, 0.3) is 0 Å². The van der Waals surface area contributed by atoms with Crippen LogP contribution in [0.4, 0.5) is 0 Å². The van der Waals surface area contributed by atoms with Crippen molar-refractivity contribution in [3.63, 3.8) is 0 Å². The number of aliphatic hydroxyl groups is 2. The van der Waals surface area contributed by atoms with Crippen molar-refractivity contribution in [1.82, 2.24) is 4.90 Å². The molecule has 1 heterocycles. The molecule has 4 nitrogen and oxygen atoms in total. The zero-order valence-electron chi connectivity index (χ0n) is 12.3. The van der Waals surface area contributed by atoms with Gasteiger partial charge in [0.05, 0.1) is 6.61 Å². The highest BCUT2D eigenvalue weighted by Gasteiger charge is 2.20. The Morgan fingerprint density at radius 2 is 2.19 bits per heavy atom. The molecule has 4 heteroatoms. The van der Waals surface area contributed by atoms with Crippen LogP contribution in [0, 0.1) is 11.8 Å². The number of rotatable bonds is 5. The van der Waals surface area contributed by atoms with Crippen molar-refractivity contribution < 1.29 is 14.9 Å². The Morgan fingerprint density at radius 1 is 1.29 bits per heavy atom. The molecule has 0 radical (unpaired) electrons. The lowest BCUT2D eigenvalue weighted by molar-refractivity contribution is 0.0773. The molecule has 114 valence electrons. The maximum Gasteiger partial charge on any atom is 0.120 e. The van der Waals surface area contributed by atoms with Gasteiger partial charge in [0.1, 0.15) is 19.0 Å². The van der Waals surface area contributed by atoms with Gasteiger partial charge in [-0.15, -0.1) is 0 Å². The van der Waals surface area contributed by atoms with Gasteiger partial charge in [0.15, 0.2) is 0 Å². The van der Waals surface area contributed by atoms with Gasteiger partial charge in [-0.3, -0.25) is 4.90 Å². The molecule has 1 aromatic carbocycles. The summed E-state index contributed by atoms with van der Waals surface area (Å²) in [6, 6.07) is 7.85. The summed E-state index contributed by atoms with van der Waals surface area (Å²) in [6.45, 7) is 2.57. The highest BCUT2D eigenvalue weighted by molar-refractivity contribution is 5.39. The average molecular weight is 289 g/mol. The van der Waals surface area contributed by atoms with Gasteiger partial charge in [0.2, 0.25) is 0 Å². The molecule has 1 atom stereocenters. The van der Waals surface area contributed by atoms with Gasteiger partial charge < -0.3 is 14.9 Å². The predicted molar refractivity (Wildman–Crippen MR) is 82.2 cm³/mol. The van der Waals surface area contributed by atoms with Crippen molar-refractivity contribution in [3.8, 4) is 17.6 Å². The maximum atomic E-state index is 9.38. The van der Waals surface area contributed by atoms with Crippen molar-refractivity contribution in [2.75, 3.05) is 32.9 Å². The molecule has 2 rings (SSSR count). The minimum Gasteiger partial charge on any atom is -0.492 e. The highest BCUT2D eigenvalue weighted by atomic mass is 16.5. The number of piperidine rings is 1. The fourth-order valence-electron chi connectivity index (χ4n) is 2.65. The van der Waals surface area contributed by atoms with E-state index in [-0.39, 0.29) is 19.3 Å². The van der Waals surface area contributed by atoms with Gasteiger partial charge in [0, 0.05) is 18.2 Å². The quantitative estimate of drug-likeness (QED) is 0.801. The summed E-state index contributed by atoms with van der Waals surface area (Å²) in [5.74, 6) is 6.28. The van der Waals surface area contributed by atoms with Crippen LogP contribution < -0.4 is 4.74 Å². The number of hydrogen-bond donors (Lipinski definition) is 2. The molecule has 1 aliphatic heterocycles. The summed E-state index contributed by atoms with van der Waals surface area (Å²) in [5.41, 5.74) is 0.841. The third-order valence-corrected chi connectivity index (χ3v) is 3.75. The van der Waals surface area contributed by atoms with E-state index in [4.69, 9.17) is 9.84 Å². The average Bonchev–Trinajstić information content (AvgIpc) is 2.54. The number of ether oxygens (including phenoxy) is 1. The van der Waals surface area contributed by atoms with Crippen molar-refractivity contribution in [2.24, 2.45) is 0 Å². The summed E-state index contributed by atoms with van der Waals surface area (Å²) < 4.78 is 5.77. The second-order valence-corrected chi connectivity index (χ2v) is 5.20. The zero-order chi connectivity index (χ0) is 14.9. The molecule has 21 heavy (non-hydrogen) atoms. The van der Waals surface area contributed by atoms with E-state index in [1.54, 1.807) is 0 Å². The normalized spacial score (nSPS) is 18.9. The molecule has 0 bridgehead atoms. The van der Waals surface area contributed by atoms with Gasteiger partial charge in [-0.2, -0.15) is 0 Å². The smallest absolute Gasteiger partial charge is 0.120 e. The number of aliphatic hydroxyl groups excluding tert-OH is 2. The Kier molecular flexibility index (Phi) is 6.55. The molecular weight excluding hydrogens is 266 g/mol. The van der Waals surface area contributed by atoms with Crippen LogP contribution in [0.2, 0.25) is 0 Å². The summed E-state index contributed by atoms with van der Waals surface area (Å²) in [4.78, 5) is 2.30.